The molecule has 0 aromatic carbocycles. The Kier molecular flexibility index (Phi) is 2.26. The summed E-state index contributed by atoms with van der Waals surface area (Å²) in [6.07, 6.45) is 4.60. The zero-order chi connectivity index (χ0) is 12.7. The number of hydrogen-bond donors (Lipinski definition) is 0. The van der Waals surface area contributed by atoms with E-state index in [0.717, 1.165) is 23.4 Å². The number of aldehydes is 1. The first-order chi connectivity index (χ1) is 8.69. The molecule has 0 aliphatic rings. The molecule has 0 atom stereocenters. The quantitative estimate of drug-likeness (QED) is 0.642. The third-order valence-corrected chi connectivity index (χ3v) is 2.90. The van der Waals surface area contributed by atoms with Crippen molar-refractivity contribution in [3.05, 3.63) is 41.9 Å². The van der Waals surface area contributed by atoms with Gasteiger partial charge in [0.15, 0.2) is 6.29 Å². The standard InChI is InChI=1S/C13H12N4O/c1-9-6-12(16(2)15-9)11-7-17-5-3-4-10(8-18)13(17)14-11/h3-8H,1-2H3. The molecule has 0 bridgehead atoms. The van der Waals surface area contributed by atoms with Gasteiger partial charge in [-0.3, -0.25) is 9.48 Å². The average Bonchev–Trinajstić information content (AvgIpc) is 2.91. The molecule has 3 heterocycles. The van der Waals surface area contributed by atoms with Crippen LogP contribution in [0.4, 0.5) is 0 Å². The van der Waals surface area contributed by atoms with Crippen molar-refractivity contribution in [3.8, 4) is 11.4 Å². The minimum absolute atomic E-state index is 0.586. The lowest BCUT2D eigenvalue weighted by Crippen LogP contribution is -1.93. The normalized spacial score (nSPS) is 11.0. The van der Waals surface area contributed by atoms with Gasteiger partial charge in [-0.1, -0.05) is 0 Å². The lowest BCUT2D eigenvalue weighted by molar-refractivity contribution is 0.112. The van der Waals surface area contributed by atoms with E-state index in [1.165, 1.54) is 0 Å². The fourth-order valence-electron chi connectivity index (χ4n) is 2.10. The van der Waals surface area contributed by atoms with E-state index in [1.54, 1.807) is 10.7 Å². The van der Waals surface area contributed by atoms with Gasteiger partial charge >= 0.3 is 0 Å². The number of carbonyl (C=O) groups excluding carboxylic acids is 1. The fourth-order valence-corrected chi connectivity index (χ4v) is 2.10. The van der Waals surface area contributed by atoms with Gasteiger partial charge in [0.2, 0.25) is 0 Å². The maximum Gasteiger partial charge on any atom is 0.153 e. The largest absolute Gasteiger partial charge is 0.306 e. The molecule has 0 saturated carbocycles. The van der Waals surface area contributed by atoms with Crippen molar-refractivity contribution in [1.82, 2.24) is 19.2 Å². The summed E-state index contributed by atoms with van der Waals surface area (Å²) in [4.78, 5) is 15.5. The predicted octanol–water partition coefficient (Wildman–Crippen LogP) is 1.86. The van der Waals surface area contributed by atoms with Crippen LogP contribution in [0.2, 0.25) is 0 Å². The van der Waals surface area contributed by atoms with Crippen LogP contribution in [0, 0.1) is 6.92 Å². The van der Waals surface area contributed by atoms with Crippen LogP contribution in [-0.2, 0) is 7.05 Å². The van der Waals surface area contributed by atoms with E-state index in [2.05, 4.69) is 10.1 Å². The van der Waals surface area contributed by atoms with Gasteiger partial charge < -0.3 is 4.40 Å². The van der Waals surface area contributed by atoms with Crippen LogP contribution in [0.1, 0.15) is 16.1 Å². The van der Waals surface area contributed by atoms with Gasteiger partial charge in [-0.2, -0.15) is 5.10 Å². The zero-order valence-corrected chi connectivity index (χ0v) is 10.2. The molecule has 3 aromatic rings. The summed E-state index contributed by atoms with van der Waals surface area (Å²) in [5, 5.41) is 4.30. The summed E-state index contributed by atoms with van der Waals surface area (Å²) in [6, 6.07) is 5.56. The van der Waals surface area contributed by atoms with E-state index in [0.29, 0.717) is 11.2 Å². The molecular formula is C13H12N4O. The van der Waals surface area contributed by atoms with Crippen LogP contribution >= 0.6 is 0 Å². The number of carbonyl (C=O) groups is 1. The number of imidazole rings is 1. The molecule has 5 nitrogen and oxygen atoms in total. The van der Waals surface area contributed by atoms with Crippen molar-refractivity contribution < 1.29 is 4.79 Å². The summed E-state index contributed by atoms with van der Waals surface area (Å²) < 4.78 is 3.64. The first kappa shape index (κ1) is 10.7. The van der Waals surface area contributed by atoms with Crippen molar-refractivity contribution in [2.45, 2.75) is 6.92 Å². The molecule has 5 heteroatoms. The number of fused-ring (bicyclic) bond motifs is 1. The van der Waals surface area contributed by atoms with E-state index in [4.69, 9.17) is 0 Å². The number of pyridine rings is 1. The molecule has 3 aromatic heterocycles. The highest BCUT2D eigenvalue weighted by Crippen LogP contribution is 2.20. The van der Waals surface area contributed by atoms with Gasteiger partial charge in [0.1, 0.15) is 11.3 Å². The van der Waals surface area contributed by atoms with E-state index >= 15 is 0 Å². The van der Waals surface area contributed by atoms with Gasteiger partial charge in [-0.15, -0.1) is 0 Å². The van der Waals surface area contributed by atoms with Gasteiger partial charge in [-0.05, 0) is 25.1 Å². The second-order valence-electron chi connectivity index (χ2n) is 4.23. The van der Waals surface area contributed by atoms with Gasteiger partial charge in [0.05, 0.1) is 17.0 Å². The molecule has 0 unspecified atom stereocenters. The van der Waals surface area contributed by atoms with Crippen molar-refractivity contribution in [1.29, 1.82) is 0 Å². The molecule has 0 radical (unpaired) electrons. The zero-order valence-electron chi connectivity index (χ0n) is 10.2. The van der Waals surface area contributed by atoms with Crippen LogP contribution in [-0.4, -0.2) is 25.5 Å². The Balaban J connectivity index is 2.25. The second-order valence-corrected chi connectivity index (χ2v) is 4.23. The van der Waals surface area contributed by atoms with E-state index in [-0.39, 0.29) is 0 Å². The summed E-state index contributed by atoms with van der Waals surface area (Å²) in [5.41, 5.74) is 3.95. The minimum Gasteiger partial charge on any atom is -0.306 e. The first-order valence-corrected chi connectivity index (χ1v) is 5.63. The third kappa shape index (κ3) is 1.52. The Hall–Kier alpha value is -2.43. The predicted molar refractivity (Wildman–Crippen MR) is 67.5 cm³/mol. The topological polar surface area (TPSA) is 52.2 Å². The Bertz CT molecular complexity index is 739. The fraction of sp³-hybridized carbons (Fsp3) is 0.154. The Labute approximate surface area is 104 Å². The lowest BCUT2D eigenvalue weighted by atomic mass is 10.3. The number of aromatic nitrogens is 4. The van der Waals surface area contributed by atoms with Crippen LogP contribution in [0.25, 0.3) is 17.0 Å². The molecule has 90 valence electrons. The molecule has 0 aliphatic heterocycles. The monoisotopic (exact) mass is 240 g/mol. The molecule has 0 spiro atoms. The molecule has 0 N–H and O–H groups in total. The number of rotatable bonds is 2. The van der Waals surface area contributed by atoms with Crippen molar-refractivity contribution in [3.63, 3.8) is 0 Å². The lowest BCUT2D eigenvalue weighted by Gasteiger charge is -1.94. The van der Waals surface area contributed by atoms with Gasteiger partial charge in [-0.25, -0.2) is 4.98 Å². The summed E-state index contributed by atoms with van der Waals surface area (Å²) >= 11 is 0. The summed E-state index contributed by atoms with van der Waals surface area (Å²) in [5.74, 6) is 0. The average molecular weight is 240 g/mol. The van der Waals surface area contributed by atoms with Crippen molar-refractivity contribution in [2.75, 3.05) is 0 Å². The van der Waals surface area contributed by atoms with Gasteiger partial charge in [0.25, 0.3) is 0 Å². The SMILES string of the molecule is Cc1cc(-c2cn3cccc(C=O)c3n2)n(C)n1. The van der Waals surface area contributed by atoms with Crippen LogP contribution in [0.5, 0.6) is 0 Å². The van der Waals surface area contributed by atoms with Crippen molar-refractivity contribution in [2.24, 2.45) is 7.05 Å². The van der Waals surface area contributed by atoms with Gasteiger partial charge in [0, 0.05) is 19.4 Å². The maximum atomic E-state index is 11.0. The molecule has 18 heavy (non-hydrogen) atoms. The highest BCUT2D eigenvalue weighted by atomic mass is 16.1. The van der Waals surface area contributed by atoms with Crippen LogP contribution in [0.3, 0.4) is 0 Å². The van der Waals surface area contributed by atoms with Crippen LogP contribution in [0.15, 0.2) is 30.6 Å². The molecule has 0 amide bonds. The summed E-state index contributed by atoms with van der Waals surface area (Å²) in [7, 11) is 1.88. The summed E-state index contributed by atoms with van der Waals surface area (Å²) in [6.45, 7) is 1.94. The third-order valence-electron chi connectivity index (χ3n) is 2.90. The van der Waals surface area contributed by atoms with Crippen LogP contribution < -0.4 is 0 Å². The second kappa shape index (κ2) is 3.80. The maximum absolute atomic E-state index is 11.0. The van der Waals surface area contributed by atoms with Crippen molar-refractivity contribution >= 4 is 11.9 Å². The Morgan fingerprint density at radius 2 is 2.22 bits per heavy atom. The number of nitrogens with zero attached hydrogens (tertiary/aromatic N) is 4. The van der Waals surface area contributed by atoms with E-state index in [1.807, 2.05) is 42.9 Å². The number of aryl methyl sites for hydroxylation is 2. The van der Waals surface area contributed by atoms with E-state index < -0.39 is 0 Å². The smallest absolute Gasteiger partial charge is 0.153 e. The Morgan fingerprint density at radius 1 is 1.39 bits per heavy atom. The Morgan fingerprint density at radius 3 is 2.89 bits per heavy atom. The molecule has 0 fully saturated rings. The highest BCUT2D eigenvalue weighted by Gasteiger charge is 2.11. The molecular weight excluding hydrogens is 228 g/mol. The first-order valence-electron chi connectivity index (χ1n) is 5.63. The number of hydrogen-bond acceptors (Lipinski definition) is 3. The molecule has 0 saturated heterocycles. The highest BCUT2D eigenvalue weighted by molar-refractivity contribution is 5.84. The van der Waals surface area contributed by atoms with E-state index in [9.17, 15) is 4.79 Å². The molecule has 3 rings (SSSR count). The molecule has 0 aliphatic carbocycles. The minimum atomic E-state index is 0.586.